The number of nitrogens with zero attached hydrogens (tertiary/aromatic N) is 3. The number of amides is 1. The third-order valence-corrected chi connectivity index (χ3v) is 5.26. The van der Waals surface area contributed by atoms with E-state index in [-0.39, 0.29) is 11.8 Å². The van der Waals surface area contributed by atoms with Crippen LogP contribution in [-0.4, -0.2) is 34.7 Å². The minimum Gasteiger partial charge on any atom is -0.357 e. The standard InChI is InChI=1S/C24H28N6O/c1-2-25-24(27-15-20-12-23(31)29-22-11-7-6-10-21(20)22)26-13-19-14-28-30(17-19)16-18-8-4-3-5-9-18/h3-11,14,17,20H,2,12-13,15-16H2,1H3,(H,29,31)(H2,25,26,27). The SMILES string of the molecule is CCNC(=NCc1cnn(Cc2ccccc2)c1)NCC1CC(=O)Nc2ccccc21. The highest BCUT2D eigenvalue weighted by Crippen LogP contribution is 2.31. The summed E-state index contributed by atoms with van der Waals surface area (Å²) >= 11 is 0. The molecular formula is C24H28N6O. The summed E-state index contributed by atoms with van der Waals surface area (Å²) in [5, 5.41) is 14.1. The number of benzene rings is 2. The van der Waals surface area contributed by atoms with Crippen LogP contribution in [0.5, 0.6) is 0 Å². The molecule has 31 heavy (non-hydrogen) atoms. The van der Waals surface area contributed by atoms with Crippen LogP contribution in [0.15, 0.2) is 72.0 Å². The van der Waals surface area contributed by atoms with Crippen molar-refractivity contribution in [2.75, 3.05) is 18.4 Å². The van der Waals surface area contributed by atoms with Gasteiger partial charge >= 0.3 is 0 Å². The van der Waals surface area contributed by atoms with Crippen molar-refractivity contribution in [3.63, 3.8) is 0 Å². The number of para-hydroxylation sites is 1. The minimum absolute atomic E-state index is 0.0540. The number of rotatable bonds is 7. The monoisotopic (exact) mass is 416 g/mol. The van der Waals surface area contributed by atoms with Crippen molar-refractivity contribution >= 4 is 17.6 Å². The smallest absolute Gasteiger partial charge is 0.225 e. The molecule has 1 aromatic heterocycles. The van der Waals surface area contributed by atoms with Crippen LogP contribution in [0.4, 0.5) is 5.69 Å². The molecule has 0 saturated carbocycles. The van der Waals surface area contributed by atoms with E-state index in [1.54, 1.807) is 0 Å². The lowest BCUT2D eigenvalue weighted by molar-refractivity contribution is -0.116. The highest BCUT2D eigenvalue weighted by atomic mass is 16.1. The molecule has 1 aliphatic heterocycles. The van der Waals surface area contributed by atoms with E-state index in [0.717, 1.165) is 35.9 Å². The molecule has 2 heterocycles. The molecule has 0 aliphatic carbocycles. The number of aliphatic imine (C=N–C) groups is 1. The molecule has 3 N–H and O–H groups in total. The number of fused-ring (bicyclic) bond motifs is 1. The van der Waals surface area contributed by atoms with Gasteiger partial charge in [0.2, 0.25) is 5.91 Å². The van der Waals surface area contributed by atoms with Crippen LogP contribution < -0.4 is 16.0 Å². The van der Waals surface area contributed by atoms with E-state index in [2.05, 4.69) is 39.2 Å². The van der Waals surface area contributed by atoms with Gasteiger partial charge in [-0.15, -0.1) is 0 Å². The molecule has 4 rings (SSSR count). The zero-order valence-electron chi connectivity index (χ0n) is 17.7. The van der Waals surface area contributed by atoms with Crippen molar-refractivity contribution in [2.45, 2.75) is 32.4 Å². The maximum atomic E-state index is 12.1. The Morgan fingerprint density at radius 1 is 1.13 bits per heavy atom. The van der Waals surface area contributed by atoms with Gasteiger partial charge in [-0.2, -0.15) is 5.10 Å². The van der Waals surface area contributed by atoms with Crippen LogP contribution in [0.1, 0.15) is 36.0 Å². The quantitative estimate of drug-likeness (QED) is 0.408. The zero-order chi connectivity index (χ0) is 21.5. The lowest BCUT2D eigenvalue weighted by atomic mass is 9.90. The van der Waals surface area contributed by atoms with Crippen LogP contribution in [0.3, 0.4) is 0 Å². The molecule has 1 aliphatic rings. The number of hydrogen-bond acceptors (Lipinski definition) is 3. The fourth-order valence-corrected chi connectivity index (χ4v) is 3.76. The third kappa shape index (κ3) is 5.51. The van der Waals surface area contributed by atoms with E-state index in [9.17, 15) is 4.79 Å². The average Bonchev–Trinajstić information content (AvgIpc) is 3.23. The van der Waals surface area contributed by atoms with Gasteiger partial charge in [0.1, 0.15) is 0 Å². The van der Waals surface area contributed by atoms with Gasteiger partial charge in [-0.1, -0.05) is 48.5 Å². The average molecular weight is 417 g/mol. The molecule has 0 saturated heterocycles. The molecular weight excluding hydrogens is 388 g/mol. The Morgan fingerprint density at radius 3 is 2.77 bits per heavy atom. The Bertz CT molecular complexity index is 1040. The summed E-state index contributed by atoms with van der Waals surface area (Å²) < 4.78 is 1.93. The van der Waals surface area contributed by atoms with Gasteiger partial charge in [-0.05, 0) is 24.1 Å². The first-order valence-corrected chi connectivity index (χ1v) is 10.7. The first-order chi connectivity index (χ1) is 15.2. The van der Waals surface area contributed by atoms with Crippen molar-refractivity contribution < 1.29 is 4.79 Å². The lowest BCUT2D eigenvalue weighted by Crippen LogP contribution is -2.40. The van der Waals surface area contributed by atoms with Crippen molar-refractivity contribution in [1.82, 2.24) is 20.4 Å². The Balaban J connectivity index is 1.37. The molecule has 7 heteroatoms. The molecule has 2 aromatic carbocycles. The van der Waals surface area contributed by atoms with E-state index in [4.69, 9.17) is 4.99 Å². The second kappa shape index (κ2) is 9.93. The predicted molar refractivity (Wildman–Crippen MR) is 123 cm³/mol. The first kappa shape index (κ1) is 20.7. The van der Waals surface area contributed by atoms with Crippen LogP contribution in [0, 0.1) is 0 Å². The summed E-state index contributed by atoms with van der Waals surface area (Å²) in [4.78, 5) is 16.8. The van der Waals surface area contributed by atoms with E-state index in [1.807, 2.05) is 60.4 Å². The Hall–Kier alpha value is -3.61. The summed E-state index contributed by atoms with van der Waals surface area (Å²) in [5.74, 6) is 0.905. The fraction of sp³-hybridized carbons (Fsp3) is 0.292. The van der Waals surface area contributed by atoms with Crippen molar-refractivity contribution in [3.8, 4) is 0 Å². The van der Waals surface area contributed by atoms with Crippen LogP contribution >= 0.6 is 0 Å². The van der Waals surface area contributed by atoms with E-state index >= 15 is 0 Å². The number of carbonyl (C=O) groups is 1. The van der Waals surface area contributed by atoms with Gasteiger partial charge in [0, 0.05) is 42.9 Å². The molecule has 3 aromatic rings. The summed E-state index contributed by atoms with van der Waals surface area (Å²) in [5.41, 5.74) is 4.33. The van der Waals surface area contributed by atoms with Gasteiger partial charge in [0.15, 0.2) is 5.96 Å². The van der Waals surface area contributed by atoms with Crippen LogP contribution in [0.2, 0.25) is 0 Å². The predicted octanol–water partition coefficient (Wildman–Crippen LogP) is 3.11. The number of hydrogen-bond donors (Lipinski definition) is 3. The number of guanidine groups is 1. The van der Waals surface area contributed by atoms with Gasteiger partial charge in [-0.3, -0.25) is 9.48 Å². The second-order valence-corrected chi connectivity index (χ2v) is 7.64. The first-order valence-electron chi connectivity index (χ1n) is 10.7. The topological polar surface area (TPSA) is 83.3 Å². The maximum Gasteiger partial charge on any atom is 0.225 e. The molecule has 1 atom stereocenters. The van der Waals surface area contributed by atoms with Crippen molar-refractivity contribution in [3.05, 3.63) is 83.7 Å². The molecule has 160 valence electrons. The summed E-state index contributed by atoms with van der Waals surface area (Å²) in [7, 11) is 0. The number of anilines is 1. The van der Waals surface area contributed by atoms with Gasteiger partial charge < -0.3 is 16.0 Å². The molecule has 0 radical (unpaired) electrons. The van der Waals surface area contributed by atoms with E-state index in [1.165, 1.54) is 5.56 Å². The highest BCUT2D eigenvalue weighted by Gasteiger charge is 2.24. The lowest BCUT2D eigenvalue weighted by Gasteiger charge is -2.26. The maximum absolute atomic E-state index is 12.1. The summed E-state index contributed by atoms with van der Waals surface area (Å²) in [6.07, 6.45) is 4.36. The molecule has 0 fully saturated rings. The normalized spacial score (nSPS) is 15.8. The van der Waals surface area contributed by atoms with Crippen molar-refractivity contribution in [1.29, 1.82) is 0 Å². The van der Waals surface area contributed by atoms with Crippen LogP contribution in [-0.2, 0) is 17.9 Å². The minimum atomic E-state index is 0.0540. The van der Waals surface area contributed by atoms with Crippen molar-refractivity contribution in [2.24, 2.45) is 4.99 Å². The number of aromatic nitrogens is 2. The molecule has 0 spiro atoms. The largest absolute Gasteiger partial charge is 0.357 e. The van der Waals surface area contributed by atoms with Gasteiger partial charge in [0.05, 0.1) is 19.3 Å². The highest BCUT2D eigenvalue weighted by molar-refractivity contribution is 5.94. The van der Waals surface area contributed by atoms with Crippen LogP contribution in [0.25, 0.3) is 0 Å². The van der Waals surface area contributed by atoms with Gasteiger partial charge in [-0.25, -0.2) is 4.99 Å². The van der Waals surface area contributed by atoms with Gasteiger partial charge in [0.25, 0.3) is 0 Å². The molecule has 0 bridgehead atoms. The Kier molecular flexibility index (Phi) is 6.62. The second-order valence-electron chi connectivity index (χ2n) is 7.64. The third-order valence-electron chi connectivity index (χ3n) is 5.26. The Labute approximate surface area is 182 Å². The summed E-state index contributed by atoms with van der Waals surface area (Å²) in [6, 6.07) is 18.2. The fourth-order valence-electron chi connectivity index (χ4n) is 3.76. The number of carbonyl (C=O) groups excluding carboxylic acids is 1. The molecule has 1 amide bonds. The summed E-state index contributed by atoms with van der Waals surface area (Å²) in [6.45, 7) is 4.72. The Morgan fingerprint density at radius 2 is 1.94 bits per heavy atom. The van der Waals surface area contributed by atoms with E-state index in [0.29, 0.717) is 19.5 Å². The number of nitrogens with one attached hydrogen (secondary N) is 3. The molecule has 1 unspecified atom stereocenters. The molecule has 7 nitrogen and oxygen atoms in total. The zero-order valence-corrected chi connectivity index (χ0v) is 17.7. The van der Waals surface area contributed by atoms with E-state index < -0.39 is 0 Å².